The second kappa shape index (κ2) is 7.34. The van der Waals surface area contributed by atoms with Crippen LogP contribution in [0.5, 0.6) is 5.75 Å². The minimum absolute atomic E-state index is 0.00755. The number of aliphatic hydroxyl groups is 1. The average molecular weight is 332 g/mol. The molecule has 0 aromatic heterocycles. The van der Waals surface area contributed by atoms with Gasteiger partial charge in [0.15, 0.2) is 0 Å². The SMILES string of the molecule is O=C(CCOc1ccc(Cl)c(Cl)c1)NC1(CO)CCCC1. The van der Waals surface area contributed by atoms with Gasteiger partial charge in [0.25, 0.3) is 0 Å². The van der Waals surface area contributed by atoms with Crippen molar-refractivity contribution in [1.29, 1.82) is 0 Å². The molecular weight excluding hydrogens is 313 g/mol. The van der Waals surface area contributed by atoms with Crippen LogP contribution >= 0.6 is 23.2 Å². The Morgan fingerprint density at radius 1 is 1.29 bits per heavy atom. The van der Waals surface area contributed by atoms with E-state index < -0.39 is 5.54 Å². The summed E-state index contributed by atoms with van der Waals surface area (Å²) in [7, 11) is 0. The van der Waals surface area contributed by atoms with E-state index >= 15 is 0 Å². The fraction of sp³-hybridized carbons (Fsp3) is 0.533. The molecule has 4 nitrogen and oxygen atoms in total. The van der Waals surface area contributed by atoms with Crippen LogP contribution in [0.3, 0.4) is 0 Å². The first kappa shape index (κ1) is 16.4. The number of carbonyl (C=O) groups excluding carboxylic acids is 1. The lowest BCUT2D eigenvalue weighted by atomic mass is 9.99. The number of hydrogen-bond acceptors (Lipinski definition) is 3. The summed E-state index contributed by atoms with van der Waals surface area (Å²) in [5, 5.41) is 13.3. The van der Waals surface area contributed by atoms with E-state index in [1.165, 1.54) is 0 Å². The summed E-state index contributed by atoms with van der Waals surface area (Å²) in [4.78, 5) is 11.9. The lowest BCUT2D eigenvalue weighted by Crippen LogP contribution is -2.49. The lowest BCUT2D eigenvalue weighted by Gasteiger charge is -2.27. The van der Waals surface area contributed by atoms with E-state index in [0.717, 1.165) is 25.7 Å². The number of rotatable bonds is 6. The van der Waals surface area contributed by atoms with Crippen molar-refractivity contribution in [3.63, 3.8) is 0 Å². The van der Waals surface area contributed by atoms with Crippen LogP contribution in [0.1, 0.15) is 32.1 Å². The number of carbonyl (C=O) groups is 1. The van der Waals surface area contributed by atoms with Crippen molar-refractivity contribution in [3.05, 3.63) is 28.2 Å². The molecule has 21 heavy (non-hydrogen) atoms. The fourth-order valence-corrected chi connectivity index (χ4v) is 2.85. The normalized spacial score (nSPS) is 16.7. The predicted molar refractivity (Wildman–Crippen MR) is 83.0 cm³/mol. The zero-order valence-corrected chi connectivity index (χ0v) is 13.2. The van der Waals surface area contributed by atoms with Gasteiger partial charge in [-0.1, -0.05) is 36.0 Å². The van der Waals surface area contributed by atoms with Crippen molar-refractivity contribution in [2.45, 2.75) is 37.6 Å². The summed E-state index contributed by atoms with van der Waals surface area (Å²) in [6, 6.07) is 4.98. The summed E-state index contributed by atoms with van der Waals surface area (Å²) in [6.07, 6.45) is 4.00. The van der Waals surface area contributed by atoms with E-state index in [1.807, 2.05) is 0 Å². The molecule has 0 heterocycles. The Bertz CT molecular complexity index is 502. The molecule has 0 saturated heterocycles. The van der Waals surface area contributed by atoms with Crippen LogP contribution in [-0.2, 0) is 4.79 Å². The van der Waals surface area contributed by atoms with Gasteiger partial charge in [-0.3, -0.25) is 4.79 Å². The molecular formula is C15H19Cl2NO3. The van der Waals surface area contributed by atoms with E-state index in [2.05, 4.69) is 5.32 Å². The summed E-state index contributed by atoms with van der Waals surface area (Å²) >= 11 is 11.7. The number of halogens is 2. The van der Waals surface area contributed by atoms with Gasteiger partial charge in [-0.15, -0.1) is 0 Å². The van der Waals surface area contributed by atoms with Gasteiger partial charge in [0.1, 0.15) is 5.75 Å². The zero-order valence-electron chi connectivity index (χ0n) is 11.7. The molecule has 1 aliphatic rings. The summed E-state index contributed by atoms with van der Waals surface area (Å²) in [5.41, 5.74) is -0.430. The predicted octanol–water partition coefficient (Wildman–Crippen LogP) is 3.18. The van der Waals surface area contributed by atoms with Crippen LogP contribution in [0.25, 0.3) is 0 Å². The molecule has 0 unspecified atom stereocenters. The van der Waals surface area contributed by atoms with Gasteiger partial charge < -0.3 is 15.2 Å². The summed E-state index contributed by atoms with van der Waals surface area (Å²) in [6.45, 7) is 0.248. The zero-order chi connectivity index (χ0) is 15.3. The number of aliphatic hydroxyl groups excluding tert-OH is 1. The molecule has 0 aliphatic heterocycles. The van der Waals surface area contributed by atoms with Crippen molar-refractivity contribution < 1.29 is 14.6 Å². The minimum Gasteiger partial charge on any atom is -0.493 e. The molecule has 1 aliphatic carbocycles. The molecule has 0 atom stereocenters. The molecule has 2 N–H and O–H groups in total. The molecule has 1 aromatic carbocycles. The van der Waals surface area contributed by atoms with E-state index in [-0.39, 0.29) is 25.5 Å². The van der Waals surface area contributed by atoms with E-state index in [9.17, 15) is 9.90 Å². The van der Waals surface area contributed by atoms with Crippen molar-refractivity contribution in [2.75, 3.05) is 13.2 Å². The highest BCUT2D eigenvalue weighted by Gasteiger charge is 2.34. The first-order valence-electron chi connectivity index (χ1n) is 7.04. The van der Waals surface area contributed by atoms with Gasteiger partial charge in [0, 0.05) is 6.07 Å². The third kappa shape index (κ3) is 4.50. The Morgan fingerprint density at radius 3 is 2.62 bits per heavy atom. The van der Waals surface area contributed by atoms with E-state index in [0.29, 0.717) is 15.8 Å². The second-order valence-electron chi connectivity index (χ2n) is 5.37. The topological polar surface area (TPSA) is 58.6 Å². The van der Waals surface area contributed by atoms with Gasteiger partial charge in [0.05, 0.1) is 35.2 Å². The largest absolute Gasteiger partial charge is 0.493 e. The Morgan fingerprint density at radius 2 is 2.00 bits per heavy atom. The lowest BCUT2D eigenvalue weighted by molar-refractivity contribution is -0.124. The van der Waals surface area contributed by atoms with Crippen LogP contribution in [0.2, 0.25) is 10.0 Å². The van der Waals surface area contributed by atoms with Crippen LogP contribution in [0.15, 0.2) is 18.2 Å². The van der Waals surface area contributed by atoms with Gasteiger partial charge in [-0.2, -0.15) is 0 Å². The number of ether oxygens (including phenoxy) is 1. The Kier molecular flexibility index (Phi) is 5.73. The highest BCUT2D eigenvalue weighted by Crippen LogP contribution is 2.29. The average Bonchev–Trinajstić information content (AvgIpc) is 2.92. The second-order valence-corrected chi connectivity index (χ2v) is 6.18. The number of amides is 1. The molecule has 0 bridgehead atoms. The molecule has 116 valence electrons. The smallest absolute Gasteiger partial charge is 0.223 e. The highest BCUT2D eigenvalue weighted by molar-refractivity contribution is 6.42. The minimum atomic E-state index is -0.430. The number of nitrogens with one attached hydrogen (secondary N) is 1. The number of hydrogen-bond donors (Lipinski definition) is 2. The highest BCUT2D eigenvalue weighted by atomic mass is 35.5. The van der Waals surface area contributed by atoms with Crippen LogP contribution in [-0.4, -0.2) is 29.8 Å². The maximum absolute atomic E-state index is 11.9. The Labute approximate surface area is 134 Å². The van der Waals surface area contributed by atoms with Gasteiger partial charge in [-0.05, 0) is 25.0 Å². The Balaban J connectivity index is 1.77. The summed E-state index contributed by atoms with van der Waals surface area (Å²) in [5.74, 6) is 0.473. The molecule has 1 saturated carbocycles. The Hall–Kier alpha value is -0.970. The van der Waals surface area contributed by atoms with Crippen LogP contribution < -0.4 is 10.1 Å². The molecule has 6 heteroatoms. The molecule has 1 aromatic rings. The monoisotopic (exact) mass is 331 g/mol. The van der Waals surface area contributed by atoms with Crippen molar-refractivity contribution in [2.24, 2.45) is 0 Å². The van der Waals surface area contributed by atoms with Crippen LogP contribution in [0.4, 0.5) is 0 Å². The third-order valence-electron chi connectivity index (χ3n) is 3.76. The van der Waals surface area contributed by atoms with Gasteiger partial charge in [0.2, 0.25) is 5.91 Å². The van der Waals surface area contributed by atoms with Crippen LogP contribution in [0, 0.1) is 0 Å². The first-order chi connectivity index (χ1) is 10.0. The fourth-order valence-electron chi connectivity index (χ4n) is 2.56. The maximum atomic E-state index is 11.9. The summed E-state index contributed by atoms with van der Waals surface area (Å²) < 4.78 is 5.48. The van der Waals surface area contributed by atoms with Crippen molar-refractivity contribution >= 4 is 29.1 Å². The molecule has 2 rings (SSSR count). The molecule has 0 radical (unpaired) electrons. The van der Waals surface area contributed by atoms with Crippen molar-refractivity contribution in [3.8, 4) is 5.75 Å². The van der Waals surface area contributed by atoms with E-state index in [1.54, 1.807) is 18.2 Å². The van der Waals surface area contributed by atoms with E-state index in [4.69, 9.17) is 27.9 Å². The maximum Gasteiger partial charge on any atom is 0.223 e. The third-order valence-corrected chi connectivity index (χ3v) is 4.50. The first-order valence-corrected chi connectivity index (χ1v) is 7.80. The van der Waals surface area contributed by atoms with Crippen molar-refractivity contribution in [1.82, 2.24) is 5.32 Å². The standard InChI is InChI=1S/C15H19Cl2NO3/c16-12-4-3-11(9-13(12)17)21-8-5-14(20)18-15(10-19)6-1-2-7-15/h3-4,9,19H,1-2,5-8,10H2,(H,18,20). The number of benzene rings is 1. The van der Waals surface area contributed by atoms with Gasteiger partial charge >= 0.3 is 0 Å². The quantitative estimate of drug-likeness (QED) is 0.841. The molecule has 1 fully saturated rings. The molecule has 0 spiro atoms. The molecule has 1 amide bonds. The van der Waals surface area contributed by atoms with Gasteiger partial charge in [-0.25, -0.2) is 0 Å².